The zero-order valence-electron chi connectivity index (χ0n) is 16.3. The minimum atomic E-state index is 0.127. The number of aromatic nitrogens is 2. The van der Waals surface area contributed by atoms with E-state index in [4.69, 9.17) is 4.98 Å². The minimum absolute atomic E-state index is 0.127. The van der Waals surface area contributed by atoms with E-state index in [0.717, 1.165) is 61.9 Å². The van der Waals surface area contributed by atoms with E-state index in [1.807, 2.05) is 16.0 Å². The zero-order chi connectivity index (χ0) is 18.8. The zero-order valence-corrected chi connectivity index (χ0v) is 16.3. The van der Waals surface area contributed by atoms with Crippen molar-refractivity contribution in [1.29, 1.82) is 0 Å². The Morgan fingerprint density at radius 2 is 1.96 bits per heavy atom. The molecule has 0 radical (unpaired) electrons. The average molecular weight is 370 g/mol. The highest BCUT2D eigenvalue weighted by Gasteiger charge is 2.29. The molecule has 0 N–H and O–H groups in total. The molecule has 6 heteroatoms. The highest BCUT2D eigenvalue weighted by molar-refractivity contribution is 5.76. The van der Waals surface area contributed by atoms with Gasteiger partial charge in [0.2, 0.25) is 11.8 Å². The Labute approximate surface area is 161 Å². The van der Waals surface area contributed by atoms with Crippen molar-refractivity contribution < 1.29 is 9.59 Å². The third-order valence-corrected chi connectivity index (χ3v) is 6.55. The molecule has 1 saturated heterocycles. The SMILES string of the molecule is CC(=O)N1CCC(c2ncc3c(n2)CCN(C(=O)CCC2CCCC2)C3)C1. The molecule has 1 aliphatic carbocycles. The Kier molecular flexibility index (Phi) is 5.41. The molecule has 1 aromatic heterocycles. The Morgan fingerprint density at radius 1 is 1.15 bits per heavy atom. The lowest BCUT2D eigenvalue weighted by Crippen LogP contribution is -2.36. The molecule has 1 aromatic rings. The van der Waals surface area contributed by atoms with Gasteiger partial charge >= 0.3 is 0 Å². The number of hydrogen-bond donors (Lipinski definition) is 0. The summed E-state index contributed by atoms with van der Waals surface area (Å²) in [5.41, 5.74) is 2.17. The maximum absolute atomic E-state index is 12.6. The normalized spacial score (nSPS) is 22.9. The largest absolute Gasteiger partial charge is 0.342 e. The maximum Gasteiger partial charge on any atom is 0.222 e. The molecule has 3 heterocycles. The van der Waals surface area contributed by atoms with E-state index in [1.54, 1.807) is 6.92 Å². The van der Waals surface area contributed by atoms with Crippen LogP contribution in [0.1, 0.15) is 74.9 Å². The lowest BCUT2D eigenvalue weighted by molar-refractivity contribution is -0.132. The third kappa shape index (κ3) is 4.14. The Morgan fingerprint density at radius 3 is 2.70 bits per heavy atom. The first-order chi connectivity index (χ1) is 13.1. The molecule has 1 saturated carbocycles. The quantitative estimate of drug-likeness (QED) is 0.817. The first-order valence-corrected chi connectivity index (χ1v) is 10.5. The predicted octanol–water partition coefficient (Wildman–Crippen LogP) is 2.67. The molecule has 2 aliphatic heterocycles. The smallest absolute Gasteiger partial charge is 0.222 e. The van der Waals surface area contributed by atoms with E-state index in [1.165, 1.54) is 25.7 Å². The van der Waals surface area contributed by atoms with Crippen LogP contribution in [-0.4, -0.2) is 51.2 Å². The fraction of sp³-hybridized carbons (Fsp3) is 0.714. The van der Waals surface area contributed by atoms with Crippen molar-refractivity contribution >= 4 is 11.8 Å². The van der Waals surface area contributed by atoms with Gasteiger partial charge < -0.3 is 9.80 Å². The summed E-state index contributed by atoms with van der Waals surface area (Å²) < 4.78 is 0. The first-order valence-electron chi connectivity index (χ1n) is 10.5. The monoisotopic (exact) mass is 370 g/mol. The van der Waals surface area contributed by atoms with Gasteiger partial charge in [-0.05, 0) is 18.8 Å². The van der Waals surface area contributed by atoms with Gasteiger partial charge in [-0.25, -0.2) is 9.97 Å². The maximum atomic E-state index is 12.6. The van der Waals surface area contributed by atoms with E-state index in [9.17, 15) is 9.59 Å². The van der Waals surface area contributed by atoms with E-state index in [2.05, 4.69) is 4.98 Å². The van der Waals surface area contributed by atoms with Crippen molar-refractivity contribution in [3.05, 3.63) is 23.3 Å². The highest BCUT2D eigenvalue weighted by Crippen LogP contribution is 2.30. The summed E-state index contributed by atoms with van der Waals surface area (Å²) in [6, 6.07) is 0. The number of hydrogen-bond acceptors (Lipinski definition) is 4. The van der Waals surface area contributed by atoms with Crippen molar-refractivity contribution in [2.45, 2.75) is 70.8 Å². The van der Waals surface area contributed by atoms with Crippen molar-refractivity contribution in [3.63, 3.8) is 0 Å². The summed E-state index contributed by atoms with van der Waals surface area (Å²) in [5, 5.41) is 0. The molecule has 2 fully saturated rings. The van der Waals surface area contributed by atoms with Crippen LogP contribution in [0.2, 0.25) is 0 Å². The summed E-state index contributed by atoms with van der Waals surface area (Å²) in [4.78, 5) is 37.4. The lowest BCUT2D eigenvalue weighted by atomic mass is 10.0. The number of carbonyl (C=O) groups excluding carboxylic acids is 2. The average Bonchev–Trinajstić information content (AvgIpc) is 3.37. The first kappa shape index (κ1) is 18.4. The van der Waals surface area contributed by atoms with Crippen LogP contribution in [0.15, 0.2) is 6.20 Å². The number of nitrogens with zero attached hydrogens (tertiary/aromatic N) is 4. The molecule has 27 heavy (non-hydrogen) atoms. The van der Waals surface area contributed by atoms with Crippen LogP contribution < -0.4 is 0 Å². The lowest BCUT2D eigenvalue weighted by Gasteiger charge is -2.29. The Balaban J connectivity index is 1.35. The molecule has 0 aromatic carbocycles. The number of fused-ring (bicyclic) bond motifs is 1. The molecule has 146 valence electrons. The van der Waals surface area contributed by atoms with Crippen LogP contribution in [0.4, 0.5) is 0 Å². The molecule has 1 atom stereocenters. The van der Waals surface area contributed by atoms with Gasteiger partial charge in [0.1, 0.15) is 5.82 Å². The molecule has 3 aliphatic rings. The highest BCUT2D eigenvalue weighted by atomic mass is 16.2. The Bertz CT molecular complexity index is 714. The second-order valence-corrected chi connectivity index (χ2v) is 8.41. The molecule has 6 nitrogen and oxygen atoms in total. The second-order valence-electron chi connectivity index (χ2n) is 8.41. The molecular formula is C21H30N4O2. The summed E-state index contributed by atoms with van der Waals surface area (Å²) >= 11 is 0. The molecule has 1 unspecified atom stereocenters. The van der Waals surface area contributed by atoms with Crippen LogP contribution in [0.3, 0.4) is 0 Å². The Hall–Kier alpha value is -1.98. The van der Waals surface area contributed by atoms with Gasteiger partial charge in [-0.2, -0.15) is 0 Å². The van der Waals surface area contributed by atoms with Crippen LogP contribution >= 0.6 is 0 Å². The fourth-order valence-corrected chi connectivity index (χ4v) is 4.78. The van der Waals surface area contributed by atoms with Crippen molar-refractivity contribution in [2.75, 3.05) is 19.6 Å². The fourth-order valence-electron chi connectivity index (χ4n) is 4.78. The molecule has 0 spiro atoms. The van der Waals surface area contributed by atoms with Crippen molar-refractivity contribution in [2.24, 2.45) is 5.92 Å². The third-order valence-electron chi connectivity index (χ3n) is 6.55. The summed E-state index contributed by atoms with van der Waals surface area (Å²) in [7, 11) is 0. The van der Waals surface area contributed by atoms with Crippen molar-refractivity contribution in [1.82, 2.24) is 19.8 Å². The van der Waals surface area contributed by atoms with E-state index in [-0.39, 0.29) is 17.7 Å². The second kappa shape index (κ2) is 7.95. The van der Waals surface area contributed by atoms with E-state index < -0.39 is 0 Å². The van der Waals surface area contributed by atoms with Gasteiger partial charge in [0, 0.05) is 63.6 Å². The van der Waals surface area contributed by atoms with E-state index in [0.29, 0.717) is 13.0 Å². The molecule has 2 amide bonds. The van der Waals surface area contributed by atoms with E-state index >= 15 is 0 Å². The molecule has 4 rings (SSSR count). The van der Waals surface area contributed by atoms with Gasteiger partial charge in [-0.1, -0.05) is 25.7 Å². The predicted molar refractivity (Wildman–Crippen MR) is 102 cm³/mol. The standard InChI is InChI=1S/C21H30N4O2/c1-15(26)24-10-8-17(13-24)21-22-12-18-14-25(11-9-19(18)23-21)20(27)7-6-16-4-2-3-5-16/h12,16-17H,2-11,13-14H2,1H3. The summed E-state index contributed by atoms with van der Waals surface area (Å²) in [5.74, 6) is 2.27. The van der Waals surface area contributed by atoms with Crippen LogP contribution in [0.25, 0.3) is 0 Å². The minimum Gasteiger partial charge on any atom is -0.342 e. The van der Waals surface area contributed by atoms with Gasteiger partial charge in [0.25, 0.3) is 0 Å². The molecular weight excluding hydrogens is 340 g/mol. The summed E-state index contributed by atoms with van der Waals surface area (Å²) in [6.45, 7) is 4.54. The van der Waals surface area contributed by atoms with Gasteiger partial charge in [-0.3, -0.25) is 9.59 Å². The summed E-state index contributed by atoms with van der Waals surface area (Å²) in [6.07, 6.45) is 10.6. The number of likely N-dealkylation sites (tertiary alicyclic amines) is 1. The van der Waals surface area contributed by atoms with Gasteiger partial charge in [-0.15, -0.1) is 0 Å². The van der Waals surface area contributed by atoms with Crippen LogP contribution in [-0.2, 0) is 22.6 Å². The topological polar surface area (TPSA) is 66.4 Å². The van der Waals surface area contributed by atoms with Crippen LogP contribution in [0.5, 0.6) is 0 Å². The number of amides is 2. The van der Waals surface area contributed by atoms with Gasteiger partial charge in [0.05, 0.1) is 5.69 Å². The van der Waals surface area contributed by atoms with Crippen LogP contribution in [0, 0.1) is 5.92 Å². The van der Waals surface area contributed by atoms with Gasteiger partial charge in [0.15, 0.2) is 0 Å². The molecule has 0 bridgehead atoms. The number of carbonyl (C=O) groups is 2. The number of rotatable bonds is 4. The van der Waals surface area contributed by atoms with Crippen molar-refractivity contribution in [3.8, 4) is 0 Å².